The fourth-order valence-corrected chi connectivity index (χ4v) is 1.89. The molecule has 0 heterocycles. The molecule has 0 bridgehead atoms. The van der Waals surface area contributed by atoms with Gasteiger partial charge in [0, 0.05) is 25.3 Å². The van der Waals surface area contributed by atoms with Gasteiger partial charge in [-0.1, -0.05) is 42.5 Å². The van der Waals surface area contributed by atoms with Crippen LogP contribution in [0.3, 0.4) is 0 Å². The molecule has 0 spiro atoms. The van der Waals surface area contributed by atoms with E-state index in [9.17, 15) is 9.59 Å². The van der Waals surface area contributed by atoms with Gasteiger partial charge in [-0.2, -0.15) is 0 Å². The Bertz CT molecular complexity index is 538. The van der Waals surface area contributed by atoms with E-state index in [2.05, 4.69) is 10.1 Å². The predicted molar refractivity (Wildman–Crippen MR) is 94.3 cm³/mol. The third kappa shape index (κ3) is 10.3. The van der Waals surface area contributed by atoms with E-state index in [-0.39, 0.29) is 5.91 Å². The molecule has 24 heavy (non-hydrogen) atoms. The van der Waals surface area contributed by atoms with E-state index < -0.39 is 5.97 Å². The van der Waals surface area contributed by atoms with Crippen LogP contribution in [0.4, 0.5) is 0 Å². The number of amides is 1. The van der Waals surface area contributed by atoms with Crippen LogP contribution < -0.4 is 5.32 Å². The number of carbonyl (C=O) groups excluding carboxylic acids is 2. The van der Waals surface area contributed by atoms with Gasteiger partial charge < -0.3 is 14.8 Å². The highest BCUT2D eigenvalue weighted by atomic mass is 16.5. The zero-order valence-corrected chi connectivity index (χ0v) is 14.1. The van der Waals surface area contributed by atoms with Gasteiger partial charge in [-0.25, -0.2) is 4.79 Å². The van der Waals surface area contributed by atoms with Gasteiger partial charge in [0.05, 0.1) is 13.7 Å². The van der Waals surface area contributed by atoms with Crippen LogP contribution in [0.1, 0.15) is 24.8 Å². The topological polar surface area (TPSA) is 64.6 Å². The summed E-state index contributed by atoms with van der Waals surface area (Å²) in [4.78, 5) is 22.2. The second-order valence-electron chi connectivity index (χ2n) is 5.10. The third-order valence-corrected chi connectivity index (χ3v) is 3.16. The molecule has 0 saturated heterocycles. The van der Waals surface area contributed by atoms with Crippen molar-refractivity contribution in [3.8, 4) is 0 Å². The standard InChI is InChI=1S/C19H25NO4/c1-23-19(22)13-12-18(21)20-14-6-3-7-15-24-16-8-11-17-9-4-2-5-10-17/h2,4-5,8-13H,3,6-7,14-16H2,1H3,(H,20,21)/b11-8+,13-12-. The normalized spacial score (nSPS) is 11.0. The van der Waals surface area contributed by atoms with Crippen LogP contribution in [0, 0.1) is 0 Å². The number of unbranched alkanes of at least 4 members (excludes halogenated alkanes) is 2. The molecule has 0 atom stereocenters. The van der Waals surface area contributed by atoms with Gasteiger partial charge in [-0.3, -0.25) is 4.79 Å². The Balaban J connectivity index is 1.94. The molecule has 0 saturated carbocycles. The molecule has 5 heteroatoms. The minimum Gasteiger partial charge on any atom is -0.466 e. The van der Waals surface area contributed by atoms with Crippen LogP contribution in [0.15, 0.2) is 48.6 Å². The highest BCUT2D eigenvalue weighted by Gasteiger charge is 1.97. The molecule has 0 fully saturated rings. The van der Waals surface area contributed by atoms with E-state index in [1.165, 1.54) is 13.2 Å². The quantitative estimate of drug-likeness (QED) is 0.385. The average Bonchev–Trinajstić information content (AvgIpc) is 2.62. The van der Waals surface area contributed by atoms with Crippen molar-refractivity contribution in [2.45, 2.75) is 19.3 Å². The van der Waals surface area contributed by atoms with Gasteiger partial charge in [0.15, 0.2) is 0 Å². The van der Waals surface area contributed by atoms with Crippen LogP contribution in [-0.4, -0.2) is 38.7 Å². The fourth-order valence-electron chi connectivity index (χ4n) is 1.89. The molecule has 1 aromatic carbocycles. The van der Waals surface area contributed by atoms with E-state index >= 15 is 0 Å². The van der Waals surface area contributed by atoms with Gasteiger partial charge in [-0.05, 0) is 24.8 Å². The Morgan fingerprint density at radius 3 is 2.62 bits per heavy atom. The van der Waals surface area contributed by atoms with Gasteiger partial charge in [0.2, 0.25) is 5.91 Å². The molecule has 1 N–H and O–H groups in total. The Kier molecular flexibility index (Phi) is 10.7. The maximum atomic E-state index is 11.3. The summed E-state index contributed by atoms with van der Waals surface area (Å²) >= 11 is 0. The van der Waals surface area contributed by atoms with Crippen LogP contribution in [0.5, 0.6) is 0 Å². The first-order valence-electron chi connectivity index (χ1n) is 8.05. The Hall–Kier alpha value is -2.40. The van der Waals surface area contributed by atoms with Crippen molar-refractivity contribution in [3.63, 3.8) is 0 Å². The smallest absolute Gasteiger partial charge is 0.330 e. The van der Waals surface area contributed by atoms with Crippen LogP contribution in [0.25, 0.3) is 6.08 Å². The van der Waals surface area contributed by atoms with Crippen molar-refractivity contribution in [2.75, 3.05) is 26.9 Å². The molecular formula is C19H25NO4. The summed E-state index contributed by atoms with van der Waals surface area (Å²) in [5.74, 6) is -0.827. The first-order valence-corrected chi connectivity index (χ1v) is 8.05. The summed E-state index contributed by atoms with van der Waals surface area (Å²) in [7, 11) is 1.27. The molecule has 5 nitrogen and oxygen atoms in total. The maximum absolute atomic E-state index is 11.3. The number of nitrogens with one attached hydrogen (secondary N) is 1. The largest absolute Gasteiger partial charge is 0.466 e. The minimum atomic E-state index is -0.538. The summed E-state index contributed by atoms with van der Waals surface area (Å²) in [6.07, 6.45) is 9.12. The number of methoxy groups -OCH3 is 1. The predicted octanol–water partition coefficient (Wildman–Crippen LogP) is 2.73. The summed E-state index contributed by atoms with van der Waals surface area (Å²) in [5, 5.41) is 2.71. The van der Waals surface area contributed by atoms with E-state index in [1.807, 2.05) is 42.5 Å². The zero-order chi connectivity index (χ0) is 17.5. The molecule has 1 rings (SSSR count). The van der Waals surface area contributed by atoms with Crippen molar-refractivity contribution >= 4 is 18.0 Å². The molecule has 1 amide bonds. The number of rotatable bonds is 11. The zero-order valence-electron chi connectivity index (χ0n) is 14.1. The van der Waals surface area contributed by atoms with E-state index in [0.29, 0.717) is 19.8 Å². The highest BCUT2D eigenvalue weighted by Crippen LogP contribution is 2.01. The van der Waals surface area contributed by atoms with Crippen molar-refractivity contribution in [2.24, 2.45) is 0 Å². The number of esters is 1. The molecule has 0 aliphatic heterocycles. The third-order valence-electron chi connectivity index (χ3n) is 3.16. The second kappa shape index (κ2) is 13.1. The highest BCUT2D eigenvalue weighted by molar-refractivity contribution is 5.94. The molecular weight excluding hydrogens is 306 g/mol. The summed E-state index contributed by atoms with van der Waals surface area (Å²) in [6.45, 7) is 1.89. The van der Waals surface area contributed by atoms with Crippen molar-refractivity contribution in [1.29, 1.82) is 0 Å². The lowest BCUT2D eigenvalue weighted by atomic mass is 10.2. The lowest BCUT2D eigenvalue weighted by Crippen LogP contribution is -2.22. The second-order valence-corrected chi connectivity index (χ2v) is 5.10. The van der Waals surface area contributed by atoms with E-state index in [4.69, 9.17) is 4.74 Å². The fraction of sp³-hybridized carbons (Fsp3) is 0.368. The van der Waals surface area contributed by atoms with E-state index in [1.54, 1.807) is 0 Å². The maximum Gasteiger partial charge on any atom is 0.330 e. The van der Waals surface area contributed by atoms with Gasteiger partial charge in [-0.15, -0.1) is 0 Å². The Morgan fingerprint density at radius 1 is 1.08 bits per heavy atom. The molecule has 0 aliphatic carbocycles. The van der Waals surface area contributed by atoms with Gasteiger partial charge in [0.25, 0.3) is 0 Å². The lowest BCUT2D eigenvalue weighted by Gasteiger charge is -2.03. The molecule has 0 aliphatic rings. The first kappa shape index (κ1) is 19.6. The summed E-state index contributed by atoms with van der Waals surface area (Å²) in [5.41, 5.74) is 1.16. The number of ether oxygens (including phenoxy) is 2. The Labute approximate surface area is 143 Å². The number of hydrogen-bond acceptors (Lipinski definition) is 4. The number of benzene rings is 1. The van der Waals surface area contributed by atoms with Crippen molar-refractivity contribution in [1.82, 2.24) is 5.32 Å². The lowest BCUT2D eigenvalue weighted by molar-refractivity contribution is -0.135. The number of hydrogen-bond donors (Lipinski definition) is 1. The average molecular weight is 331 g/mol. The number of carbonyl (C=O) groups is 2. The van der Waals surface area contributed by atoms with Gasteiger partial charge in [0.1, 0.15) is 0 Å². The van der Waals surface area contributed by atoms with Crippen LogP contribution in [-0.2, 0) is 19.1 Å². The van der Waals surface area contributed by atoms with Crippen molar-refractivity contribution in [3.05, 3.63) is 54.1 Å². The van der Waals surface area contributed by atoms with Crippen LogP contribution >= 0.6 is 0 Å². The molecule has 1 aromatic rings. The summed E-state index contributed by atoms with van der Waals surface area (Å²) in [6, 6.07) is 10.1. The Morgan fingerprint density at radius 2 is 1.88 bits per heavy atom. The van der Waals surface area contributed by atoms with Gasteiger partial charge >= 0.3 is 5.97 Å². The van der Waals surface area contributed by atoms with Crippen LogP contribution in [0.2, 0.25) is 0 Å². The van der Waals surface area contributed by atoms with E-state index in [0.717, 1.165) is 30.9 Å². The molecule has 0 radical (unpaired) electrons. The monoisotopic (exact) mass is 331 g/mol. The summed E-state index contributed by atoms with van der Waals surface area (Å²) < 4.78 is 9.92. The molecule has 0 aromatic heterocycles. The molecule has 0 unspecified atom stereocenters. The first-order chi connectivity index (χ1) is 11.7. The minimum absolute atomic E-state index is 0.289. The molecule has 130 valence electrons. The van der Waals surface area contributed by atoms with Crippen molar-refractivity contribution < 1.29 is 19.1 Å². The SMILES string of the molecule is COC(=O)/C=C\C(=O)NCCCCCOC/C=C/c1ccccc1.